The van der Waals surface area contributed by atoms with Crippen LogP contribution < -0.4 is 14.8 Å². The van der Waals surface area contributed by atoms with Crippen molar-refractivity contribution in [1.82, 2.24) is 4.72 Å². The van der Waals surface area contributed by atoms with Crippen LogP contribution in [0.2, 0.25) is 5.02 Å². The van der Waals surface area contributed by atoms with Gasteiger partial charge in [0.15, 0.2) is 6.19 Å². The van der Waals surface area contributed by atoms with Gasteiger partial charge < -0.3 is 9.84 Å². The van der Waals surface area contributed by atoms with Crippen molar-refractivity contribution >= 4 is 27.3 Å². The van der Waals surface area contributed by atoms with Crippen LogP contribution >= 0.6 is 11.6 Å². The molecule has 7 nitrogen and oxygen atoms in total. The van der Waals surface area contributed by atoms with Gasteiger partial charge >= 0.3 is 0 Å². The number of hydrogen-bond acceptors (Lipinski definition) is 6. The smallest absolute Gasteiger partial charge is 0.244 e. The van der Waals surface area contributed by atoms with Crippen molar-refractivity contribution in [3.8, 4) is 23.4 Å². The second kappa shape index (κ2) is 7.03. The average molecular weight is 394 g/mol. The van der Waals surface area contributed by atoms with E-state index in [0.717, 1.165) is 12.8 Å². The number of halogens is 1. The van der Waals surface area contributed by atoms with Crippen LogP contribution in [0.15, 0.2) is 35.2 Å². The molecule has 0 spiro atoms. The summed E-state index contributed by atoms with van der Waals surface area (Å²) in [4.78, 5) is -0.251. The molecule has 2 aromatic carbocycles. The lowest BCUT2D eigenvalue weighted by Crippen LogP contribution is -2.25. The van der Waals surface area contributed by atoms with Crippen molar-refractivity contribution in [2.45, 2.75) is 30.7 Å². The van der Waals surface area contributed by atoms with E-state index in [2.05, 4.69) is 10.0 Å². The lowest BCUT2D eigenvalue weighted by atomic mass is 10.2. The first-order chi connectivity index (χ1) is 12.3. The fourth-order valence-corrected chi connectivity index (χ4v) is 4.09. The van der Waals surface area contributed by atoms with E-state index in [1.807, 2.05) is 6.19 Å². The minimum atomic E-state index is -3.84. The van der Waals surface area contributed by atoms with E-state index in [-0.39, 0.29) is 27.5 Å². The topological polar surface area (TPSA) is 111 Å². The van der Waals surface area contributed by atoms with Crippen molar-refractivity contribution < 1.29 is 18.3 Å². The van der Waals surface area contributed by atoms with Crippen molar-refractivity contribution in [1.29, 1.82) is 5.26 Å². The van der Waals surface area contributed by atoms with Crippen LogP contribution in [0, 0.1) is 18.4 Å². The number of benzene rings is 2. The van der Waals surface area contributed by atoms with E-state index in [4.69, 9.17) is 21.6 Å². The molecule has 3 N–H and O–H groups in total. The lowest BCUT2D eigenvalue weighted by molar-refractivity contribution is 0.447. The molecule has 26 heavy (non-hydrogen) atoms. The summed E-state index contributed by atoms with van der Waals surface area (Å²) in [6.07, 6.45) is 3.38. The number of nitriles is 1. The van der Waals surface area contributed by atoms with Gasteiger partial charge in [-0.2, -0.15) is 5.26 Å². The van der Waals surface area contributed by atoms with Crippen molar-refractivity contribution in [3.63, 3.8) is 0 Å². The number of anilines is 1. The molecule has 0 radical (unpaired) electrons. The highest BCUT2D eigenvalue weighted by atomic mass is 35.5. The van der Waals surface area contributed by atoms with Gasteiger partial charge in [-0.05, 0) is 49.6 Å². The molecule has 0 amide bonds. The third kappa shape index (κ3) is 4.02. The van der Waals surface area contributed by atoms with Gasteiger partial charge in [-0.25, -0.2) is 13.1 Å². The SMILES string of the molecule is Cc1cc(NC#N)cc(Cl)c1Oc1ccc(O)c(S(=O)(=O)NC2CC2)c1. The Hall–Kier alpha value is -2.47. The first-order valence-corrected chi connectivity index (χ1v) is 9.65. The Morgan fingerprint density at radius 3 is 2.65 bits per heavy atom. The van der Waals surface area contributed by atoms with Gasteiger partial charge in [-0.15, -0.1) is 0 Å². The monoisotopic (exact) mass is 393 g/mol. The maximum Gasteiger partial charge on any atom is 0.244 e. The molecule has 0 heterocycles. The number of nitrogens with zero attached hydrogens (tertiary/aromatic N) is 1. The summed E-state index contributed by atoms with van der Waals surface area (Å²) in [7, 11) is -3.84. The van der Waals surface area contributed by atoms with E-state index >= 15 is 0 Å². The summed E-state index contributed by atoms with van der Waals surface area (Å²) in [6, 6.07) is 7.07. The molecule has 0 atom stereocenters. The minimum absolute atomic E-state index is 0.0826. The van der Waals surface area contributed by atoms with Crippen LogP contribution in [-0.4, -0.2) is 19.6 Å². The molecule has 1 saturated carbocycles. The second-order valence-electron chi connectivity index (χ2n) is 5.97. The Kier molecular flexibility index (Phi) is 4.96. The van der Waals surface area contributed by atoms with Crippen LogP contribution in [0.25, 0.3) is 0 Å². The van der Waals surface area contributed by atoms with Crippen LogP contribution in [0.5, 0.6) is 17.2 Å². The minimum Gasteiger partial charge on any atom is -0.507 e. The third-order valence-corrected chi connectivity index (χ3v) is 5.60. The first-order valence-electron chi connectivity index (χ1n) is 7.78. The second-order valence-corrected chi connectivity index (χ2v) is 8.06. The molecule has 0 unspecified atom stereocenters. The van der Waals surface area contributed by atoms with Crippen LogP contribution in [0.1, 0.15) is 18.4 Å². The van der Waals surface area contributed by atoms with E-state index in [1.165, 1.54) is 24.3 Å². The molecule has 0 saturated heterocycles. The number of aryl methyl sites for hydroxylation is 1. The van der Waals surface area contributed by atoms with Crippen LogP contribution in [0.4, 0.5) is 5.69 Å². The molecule has 1 aliphatic rings. The Morgan fingerprint density at radius 2 is 2.04 bits per heavy atom. The maximum atomic E-state index is 12.4. The molecule has 0 bridgehead atoms. The van der Waals surface area contributed by atoms with Gasteiger partial charge in [0.1, 0.15) is 22.1 Å². The van der Waals surface area contributed by atoms with E-state index < -0.39 is 10.0 Å². The van der Waals surface area contributed by atoms with Crippen LogP contribution in [-0.2, 0) is 10.0 Å². The highest BCUT2D eigenvalue weighted by molar-refractivity contribution is 7.89. The summed E-state index contributed by atoms with van der Waals surface area (Å²) >= 11 is 6.20. The molecule has 136 valence electrons. The Bertz CT molecular complexity index is 975. The fourth-order valence-electron chi connectivity index (χ4n) is 2.37. The molecule has 2 aromatic rings. The largest absolute Gasteiger partial charge is 0.507 e. The van der Waals surface area contributed by atoms with Crippen molar-refractivity contribution in [2.75, 3.05) is 5.32 Å². The third-order valence-electron chi connectivity index (χ3n) is 3.77. The molecular weight excluding hydrogens is 378 g/mol. The quantitative estimate of drug-likeness (QED) is 0.511. The van der Waals surface area contributed by atoms with Crippen LogP contribution in [0.3, 0.4) is 0 Å². The zero-order valence-electron chi connectivity index (χ0n) is 13.8. The Balaban J connectivity index is 1.92. The number of rotatable bonds is 6. The van der Waals surface area contributed by atoms with E-state index in [9.17, 15) is 13.5 Å². The number of hydrogen-bond donors (Lipinski definition) is 3. The number of phenolic OH excluding ortho intramolecular Hbond substituents is 1. The van der Waals surface area contributed by atoms with Gasteiger partial charge in [-0.3, -0.25) is 5.32 Å². The maximum absolute atomic E-state index is 12.4. The molecule has 1 aliphatic carbocycles. The summed E-state index contributed by atoms with van der Waals surface area (Å²) in [6.45, 7) is 1.75. The molecule has 1 fully saturated rings. The van der Waals surface area contributed by atoms with Crippen molar-refractivity contribution in [3.05, 3.63) is 40.9 Å². The number of ether oxygens (including phenoxy) is 1. The summed E-state index contributed by atoms with van der Waals surface area (Å²) in [5.74, 6) is 0.186. The van der Waals surface area contributed by atoms with E-state index in [0.29, 0.717) is 17.0 Å². The number of aromatic hydroxyl groups is 1. The Morgan fingerprint density at radius 1 is 1.31 bits per heavy atom. The number of phenols is 1. The normalized spacial score (nSPS) is 13.9. The standard InChI is InChI=1S/C17H16ClN3O4S/c1-10-6-12(20-9-19)7-14(18)17(10)25-13-4-5-15(22)16(8-13)26(23,24)21-11-2-3-11/h4-8,11,20-22H,2-3H2,1H3. The van der Waals surface area contributed by atoms with Gasteiger partial charge in [0, 0.05) is 17.8 Å². The summed E-state index contributed by atoms with van der Waals surface area (Å²) in [5.41, 5.74) is 1.17. The summed E-state index contributed by atoms with van der Waals surface area (Å²) < 4.78 is 33.0. The van der Waals surface area contributed by atoms with Gasteiger partial charge in [0.25, 0.3) is 0 Å². The molecule has 9 heteroatoms. The number of sulfonamides is 1. The molecule has 0 aliphatic heterocycles. The zero-order valence-corrected chi connectivity index (χ0v) is 15.4. The predicted octanol–water partition coefficient (Wildman–Crippen LogP) is 3.48. The van der Waals surface area contributed by atoms with E-state index in [1.54, 1.807) is 13.0 Å². The molecule has 0 aromatic heterocycles. The average Bonchev–Trinajstić information content (AvgIpc) is 3.36. The lowest BCUT2D eigenvalue weighted by Gasteiger charge is -2.14. The van der Waals surface area contributed by atoms with Gasteiger partial charge in [-0.1, -0.05) is 11.6 Å². The number of nitrogens with one attached hydrogen (secondary N) is 2. The first kappa shape index (κ1) is 18.3. The van der Waals surface area contributed by atoms with Gasteiger partial charge in [0.05, 0.1) is 5.02 Å². The van der Waals surface area contributed by atoms with Gasteiger partial charge in [0.2, 0.25) is 10.0 Å². The fraction of sp³-hybridized carbons (Fsp3) is 0.235. The Labute approximate surface area is 156 Å². The molecular formula is C17H16ClN3O4S. The highest BCUT2D eigenvalue weighted by Gasteiger charge is 2.30. The summed E-state index contributed by atoms with van der Waals surface area (Å²) in [5, 5.41) is 21.4. The molecule has 3 rings (SSSR count). The predicted molar refractivity (Wildman–Crippen MR) is 96.9 cm³/mol. The zero-order chi connectivity index (χ0) is 18.9. The highest BCUT2D eigenvalue weighted by Crippen LogP contribution is 2.37. The van der Waals surface area contributed by atoms with Crippen molar-refractivity contribution in [2.24, 2.45) is 0 Å².